The molecular formula is C12H13ClN2. The van der Waals surface area contributed by atoms with E-state index in [0.29, 0.717) is 11.4 Å². The average Bonchev–Trinajstić information content (AvgIpc) is 2.29. The van der Waals surface area contributed by atoms with Crippen LogP contribution in [-0.2, 0) is 6.54 Å². The second-order valence-electron chi connectivity index (χ2n) is 3.07. The molecule has 0 saturated carbocycles. The molecule has 0 bridgehead atoms. The van der Waals surface area contributed by atoms with Crippen molar-refractivity contribution in [3.8, 4) is 6.07 Å². The van der Waals surface area contributed by atoms with Gasteiger partial charge in [0.25, 0.3) is 0 Å². The largest absolute Gasteiger partial charge is 0.309 e. The minimum Gasteiger partial charge on any atom is -0.309 e. The monoisotopic (exact) mass is 220 g/mol. The van der Waals surface area contributed by atoms with Crippen molar-refractivity contribution in [2.45, 2.75) is 6.54 Å². The predicted octanol–water partition coefficient (Wildman–Crippen LogP) is 2.44. The minimum atomic E-state index is 0.547. The normalized spacial score (nSPS) is 10.4. The number of hydrogen-bond acceptors (Lipinski definition) is 2. The molecule has 1 N–H and O–H groups in total. The van der Waals surface area contributed by atoms with Crippen molar-refractivity contribution in [2.24, 2.45) is 0 Å². The van der Waals surface area contributed by atoms with Crippen LogP contribution in [-0.4, -0.2) is 12.4 Å². The highest BCUT2D eigenvalue weighted by molar-refractivity contribution is 6.18. The third-order valence-corrected chi connectivity index (χ3v) is 2.08. The van der Waals surface area contributed by atoms with Crippen LogP contribution in [0, 0.1) is 11.3 Å². The van der Waals surface area contributed by atoms with Crippen LogP contribution < -0.4 is 5.32 Å². The molecule has 3 heteroatoms. The summed E-state index contributed by atoms with van der Waals surface area (Å²) in [5.41, 5.74) is 1.82. The molecule has 2 nitrogen and oxygen atoms in total. The average molecular weight is 221 g/mol. The molecule has 0 spiro atoms. The van der Waals surface area contributed by atoms with Gasteiger partial charge in [-0.1, -0.05) is 24.3 Å². The summed E-state index contributed by atoms with van der Waals surface area (Å²) in [4.78, 5) is 0. The zero-order valence-electron chi connectivity index (χ0n) is 8.41. The van der Waals surface area contributed by atoms with Gasteiger partial charge in [0.1, 0.15) is 0 Å². The van der Waals surface area contributed by atoms with E-state index in [0.717, 1.165) is 18.7 Å². The molecule has 0 aromatic heterocycles. The standard InChI is InChI=1S/C12H13ClN2/c13-6-1-2-7-15-10-12-5-3-4-11(8-12)9-14/h1-5,8,15H,6-7,10H2/b2-1+. The highest BCUT2D eigenvalue weighted by Gasteiger charge is 1.93. The highest BCUT2D eigenvalue weighted by atomic mass is 35.5. The molecule has 0 aliphatic heterocycles. The van der Waals surface area contributed by atoms with Crippen LogP contribution in [0.1, 0.15) is 11.1 Å². The Morgan fingerprint density at radius 2 is 2.27 bits per heavy atom. The van der Waals surface area contributed by atoms with Gasteiger partial charge in [-0.2, -0.15) is 5.26 Å². The predicted molar refractivity (Wildman–Crippen MR) is 62.7 cm³/mol. The lowest BCUT2D eigenvalue weighted by Gasteiger charge is -2.01. The molecule has 0 saturated heterocycles. The van der Waals surface area contributed by atoms with Gasteiger partial charge in [-0.25, -0.2) is 0 Å². The second kappa shape index (κ2) is 7.05. The summed E-state index contributed by atoms with van der Waals surface area (Å²) in [5, 5.41) is 11.9. The summed E-state index contributed by atoms with van der Waals surface area (Å²) in [7, 11) is 0. The Morgan fingerprint density at radius 1 is 1.40 bits per heavy atom. The van der Waals surface area contributed by atoms with Crippen LogP contribution in [0.2, 0.25) is 0 Å². The molecule has 0 heterocycles. The SMILES string of the molecule is N#Cc1cccc(CNC/C=C/CCl)c1. The van der Waals surface area contributed by atoms with Gasteiger partial charge in [-0.05, 0) is 17.7 Å². The van der Waals surface area contributed by atoms with Crippen LogP contribution in [0.25, 0.3) is 0 Å². The Morgan fingerprint density at radius 3 is 3.00 bits per heavy atom. The fraction of sp³-hybridized carbons (Fsp3) is 0.250. The molecule has 0 amide bonds. The Balaban J connectivity index is 2.38. The molecule has 0 radical (unpaired) electrons. The minimum absolute atomic E-state index is 0.547. The van der Waals surface area contributed by atoms with Gasteiger partial charge in [0.2, 0.25) is 0 Å². The molecule has 1 aromatic carbocycles. The quantitative estimate of drug-likeness (QED) is 0.470. The number of rotatable bonds is 5. The first-order valence-corrected chi connectivity index (χ1v) is 5.31. The molecule has 15 heavy (non-hydrogen) atoms. The number of allylic oxidation sites excluding steroid dienone is 1. The summed E-state index contributed by atoms with van der Waals surface area (Å²) in [6, 6.07) is 9.70. The number of nitrogens with one attached hydrogen (secondary N) is 1. The summed E-state index contributed by atoms with van der Waals surface area (Å²) in [6.07, 6.45) is 3.89. The fourth-order valence-corrected chi connectivity index (χ4v) is 1.32. The van der Waals surface area contributed by atoms with Gasteiger partial charge in [-0.3, -0.25) is 0 Å². The number of hydrogen-bond donors (Lipinski definition) is 1. The van der Waals surface area contributed by atoms with Crippen LogP contribution >= 0.6 is 11.6 Å². The van der Waals surface area contributed by atoms with E-state index in [2.05, 4.69) is 11.4 Å². The smallest absolute Gasteiger partial charge is 0.0991 e. The van der Waals surface area contributed by atoms with Crippen molar-refractivity contribution in [1.82, 2.24) is 5.32 Å². The van der Waals surface area contributed by atoms with Crippen molar-refractivity contribution >= 4 is 11.6 Å². The van der Waals surface area contributed by atoms with E-state index < -0.39 is 0 Å². The first-order valence-electron chi connectivity index (χ1n) is 4.77. The van der Waals surface area contributed by atoms with E-state index in [1.54, 1.807) is 6.07 Å². The molecule has 0 aliphatic rings. The highest BCUT2D eigenvalue weighted by Crippen LogP contribution is 2.03. The summed E-state index contributed by atoms with van der Waals surface area (Å²) < 4.78 is 0. The number of benzene rings is 1. The Bertz CT molecular complexity index is 366. The zero-order chi connectivity index (χ0) is 10.9. The van der Waals surface area contributed by atoms with Gasteiger partial charge in [0.05, 0.1) is 11.6 Å². The molecule has 78 valence electrons. The number of nitrogens with zero attached hydrogens (tertiary/aromatic N) is 1. The van der Waals surface area contributed by atoms with Gasteiger partial charge in [-0.15, -0.1) is 11.6 Å². The molecule has 0 fully saturated rings. The van der Waals surface area contributed by atoms with Crippen molar-refractivity contribution in [3.63, 3.8) is 0 Å². The second-order valence-corrected chi connectivity index (χ2v) is 3.38. The molecule has 1 rings (SSSR count). The third kappa shape index (κ3) is 4.64. The van der Waals surface area contributed by atoms with E-state index in [-0.39, 0.29) is 0 Å². The first kappa shape index (κ1) is 11.8. The van der Waals surface area contributed by atoms with Crippen molar-refractivity contribution < 1.29 is 0 Å². The zero-order valence-corrected chi connectivity index (χ0v) is 9.17. The third-order valence-electron chi connectivity index (χ3n) is 1.90. The molecule has 0 aliphatic carbocycles. The Kier molecular flexibility index (Phi) is 5.54. The Labute approximate surface area is 95.2 Å². The molecule has 0 unspecified atom stereocenters. The number of alkyl halides is 1. The maximum Gasteiger partial charge on any atom is 0.0991 e. The lowest BCUT2D eigenvalue weighted by molar-refractivity contribution is 0.759. The molecular weight excluding hydrogens is 208 g/mol. The maximum atomic E-state index is 8.71. The van der Waals surface area contributed by atoms with E-state index in [4.69, 9.17) is 16.9 Å². The van der Waals surface area contributed by atoms with Crippen LogP contribution in [0.15, 0.2) is 36.4 Å². The van der Waals surface area contributed by atoms with Crippen molar-refractivity contribution in [3.05, 3.63) is 47.5 Å². The van der Waals surface area contributed by atoms with Gasteiger partial charge in [0.15, 0.2) is 0 Å². The van der Waals surface area contributed by atoms with Crippen LogP contribution in [0.3, 0.4) is 0 Å². The summed E-state index contributed by atoms with van der Waals surface area (Å²) in [6.45, 7) is 1.56. The van der Waals surface area contributed by atoms with Gasteiger partial charge >= 0.3 is 0 Å². The van der Waals surface area contributed by atoms with E-state index >= 15 is 0 Å². The number of nitriles is 1. The van der Waals surface area contributed by atoms with E-state index in [1.165, 1.54) is 0 Å². The van der Waals surface area contributed by atoms with E-state index in [1.807, 2.05) is 30.4 Å². The maximum absolute atomic E-state index is 8.71. The van der Waals surface area contributed by atoms with Crippen LogP contribution in [0.4, 0.5) is 0 Å². The van der Waals surface area contributed by atoms with Crippen molar-refractivity contribution in [1.29, 1.82) is 5.26 Å². The topological polar surface area (TPSA) is 35.8 Å². The lowest BCUT2D eigenvalue weighted by Crippen LogP contribution is -2.12. The van der Waals surface area contributed by atoms with Crippen molar-refractivity contribution in [2.75, 3.05) is 12.4 Å². The van der Waals surface area contributed by atoms with Gasteiger partial charge in [0, 0.05) is 19.0 Å². The molecule has 1 aromatic rings. The Hall–Kier alpha value is -1.30. The van der Waals surface area contributed by atoms with Crippen LogP contribution in [0.5, 0.6) is 0 Å². The van der Waals surface area contributed by atoms with E-state index in [9.17, 15) is 0 Å². The van der Waals surface area contributed by atoms with Gasteiger partial charge < -0.3 is 5.32 Å². The first-order chi connectivity index (χ1) is 7.36. The fourth-order valence-electron chi connectivity index (χ4n) is 1.20. The summed E-state index contributed by atoms with van der Waals surface area (Å²) in [5.74, 6) is 0.547. The number of halogens is 1. The molecule has 0 atom stereocenters. The summed E-state index contributed by atoms with van der Waals surface area (Å²) >= 11 is 5.49. The lowest BCUT2D eigenvalue weighted by atomic mass is 10.1.